The number of fused-ring (bicyclic) bond motifs is 1. The van der Waals surface area contributed by atoms with Crippen LogP contribution in [0.15, 0.2) is 59.0 Å². The summed E-state index contributed by atoms with van der Waals surface area (Å²) < 4.78 is 34.8. The minimum absolute atomic E-state index is 0.00932. The Bertz CT molecular complexity index is 1450. The van der Waals surface area contributed by atoms with Crippen molar-refractivity contribution in [2.24, 2.45) is 5.73 Å². The van der Waals surface area contributed by atoms with E-state index < -0.39 is 33.4 Å². The Balaban J connectivity index is 1.81. The van der Waals surface area contributed by atoms with Crippen molar-refractivity contribution in [3.63, 3.8) is 0 Å². The van der Waals surface area contributed by atoms with Crippen molar-refractivity contribution < 1.29 is 22.7 Å². The molecule has 2 aromatic rings. The number of hydrogen-bond donors (Lipinski definition) is 2. The molecule has 2 heterocycles. The topological polar surface area (TPSA) is 143 Å². The number of benzene rings is 2. The van der Waals surface area contributed by atoms with Crippen LogP contribution in [0.1, 0.15) is 48.9 Å². The molecule has 0 aliphatic carbocycles. The van der Waals surface area contributed by atoms with Gasteiger partial charge in [0.2, 0.25) is 10.0 Å². The van der Waals surface area contributed by atoms with E-state index in [4.69, 9.17) is 10.5 Å². The normalized spacial score (nSPS) is 20.3. The van der Waals surface area contributed by atoms with Crippen molar-refractivity contribution in [3.05, 3.63) is 76.4 Å². The van der Waals surface area contributed by atoms with Gasteiger partial charge in [0.25, 0.3) is 0 Å². The maximum absolute atomic E-state index is 14.2. The van der Waals surface area contributed by atoms with Crippen LogP contribution in [0.2, 0.25) is 0 Å². The number of Topliss-reactive ketones (excluding diaryl/α,β-unsaturated/α-hetero) is 1. The SMILES string of the molecule is CCOC(=O)[C@@]1(C(=O)[C@H](N)Cc2cccc(C#N)c2)CC(CC)=CCN1S(=O)(=O)c1ccc2c(c1)CNCC2. The zero-order valence-corrected chi connectivity index (χ0v) is 23.1. The monoisotopic (exact) mass is 550 g/mol. The number of ketones is 1. The third-order valence-electron chi connectivity index (χ3n) is 7.43. The standard InChI is InChI=1S/C29H34N4O5S/c1-3-20-11-13-33(39(36,37)25-9-8-23-10-12-32-19-24(23)16-25)29(17-20,28(35)38-4-2)27(34)26(31)15-21-6-5-7-22(14-21)18-30/h5-9,11,14,16,26,32H,3-4,10,12-13,15,17,19,31H2,1-2H3/t26-,29+/m1/s1. The molecule has 206 valence electrons. The van der Waals surface area contributed by atoms with E-state index in [9.17, 15) is 23.3 Å². The largest absolute Gasteiger partial charge is 0.464 e. The number of nitriles is 1. The van der Waals surface area contributed by atoms with Gasteiger partial charge in [-0.25, -0.2) is 13.2 Å². The molecule has 3 N–H and O–H groups in total. The van der Waals surface area contributed by atoms with Crippen LogP contribution in [0.5, 0.6) is 0 Å². The zero-order valence-electron chi connectivity index (χ0n) is 22.3. The molecule has 0 fully saturated rings. The summed E-state index contributed by atoms with van der Waals surface area (Å²) in [4.78, 5) is 28.0. The van der Waals surface area contributed by atoms with E-state index in [1.165, 1.54) is 6.07 Å². The van der Waals surface area contributed by atoms with Crippen LogP contribution in [0.3, 0.4) is 0 Å². The summed E-state index contributed by atoms with van der Waals surface area (Å²) in [7, 11) is -4.32. The van der Waals surface area contributed by atoms with Crippen LogP contribution in [0, 0.1) is 11.3 Å². The smallest absolute Gasteiger partial charge is 0.335 e. The molecule has 9 nitrogen and oxygen atoms in total. The van der Waals surface area contributed by atoms with Crippen molar-refractivity contribution in [1.29, 1.82) is 5.26 Å². The minimum Gasteiger partial charge on any atom is -0.464 e. The van der Waals surface area contributed by atoms with E-state index in [-0.39, 0.29) is 30.9 Å². The quantitative estimate of drug-likeness (QED) is 0.275. The van der Waals surface area contributed by atoms with Gasteiger partial charge in [-0.05, 0) is 73.7 Å². The lowest BCUT2D eigenvalue weighted by molar-refractivity contribution is -0.160. The van der Waals surface area contributed by atoms with Crippen LogP contribution >= 0.6 is 0 Å². The molecule has 0 spiro atoms. The Labute approximate surface area is 229 Å². The summed E-state index contributed by atoms with van der Waals surface area (Å²) in [6.45, 7) is 4.65. The second-order valence-electron chi connectivity index (χ2n) is 9.85. The Morgan fingerprint density at radius 1 is 1.21 bits per heavy atom. The van der Waals surface area contributed by atoms with Crippen molar-refractivity contribution in [3.8, 4) is 6.07 Å². The van der Waals surface area contributed by atoms with Crippen molar-refractivity contribution in [2.75, 3.05) is 19.7 Å². The molecule has 0 aromatic heterocycles. The van der Waals surface area contributed by atoms with Crippen LogP contribution in [-0.2, 0) is 43.7 Å². The van der Waals surface area contributed by atoms with Gasteiger partial charge < -0.3 is 15.8 Å². The second kappa shape index (κ2) is 11.8. The van der Waals surface area contributed by atoms with E-state index in [0.717, 1.165) is 34.0 Å². The molecule has 0 amide bonds. The van der Waals surface area contributed by atoms with Crippen molar-refractivity contribution >= 4 is 21.8 Å². The van der Waals surface area contributed by atoms with E-state index in [1.54, 1.807) is 49.4 Å². The van der Waals surface area contributed by atoms with E-state index in [2.05, 4.69) is 11.4 Å². The van der Waals surface area contributed by atoms with Gasteiger partial charge in [0, 0.05) is 19.5 Å². The summed E-state index contributed by atoms with van der Waals surface area (Å²) in [5.41, 5.74) is 8.01. The van der Waals surface area contributed by atoms with Crippen LogP contribution < -0.4 is 11.1 Å². The van der Waals surface area contributed by atoms with Gasteiger partial charge >= 0.3 is 5.97 Å². The first-order valence-corrected chi connectivity index (χ1v) is 14.6. The molecule has 2 aliphatic heterocycles. The Hall–Kier alpha value is -3.36. The lowest BCUT2D eigenvalue weighted by Gasteiger charge is -2.43. The number of rotatable bonds is 9. The minimum atomic E-state index is -4.32. The number of esters is 1. The number of nitrogens with zero attached hydrogens (tertiary/aromatic N) is 2. The van der Waals surface area contributed by atoms with Crippen molar-refractivity contribution in [1.82, 2.24) is 9.62 Å². The van der Waals surface area contributed by atoms with Crippen LogP contribution in [0.25, 0.3) is 0 Å². The molecule has 4 rings (SSSR count). The van der Waals surface area contributed by atoms with Gasteiger partial charge in [-0.15, -0.1) is 0 Å². The Morgan fingerprint density at radius 2 is 2.00 bits per heavy atom. The van der Waals surface area contributed by atoms with Gasteiger partial charge in [-0.1, -0.05) is 36.8 Å². The summed E-state index contributed by atoms with van der Waals surface area (Å²) in [5, 5.41) is 12.5. The lowest BCUT2D eigenvalue weighted by Crippen LogP contribution is -2.67. The van der Waals surface area contributed by atoms with Crippen molar-refractivity contribution in [2.45, 2.75) is 62.6 Å². The maximum Gasteiger partial charge on any atom is 0.335 e. The highest BCUT2D eigenvalue weighted by Crippen LogP contribution is 2.38. The zero-order chi connectivity index (χ0) is 28.2. The maximum atomic E-state index is 14.2. The van der Waals surface area contributed by atoms with Crippen LogP contribution in [0.4, 0.5) is 0 Å². The first kappa shape index (κ1) is 28.6. The summed E-state index contributed by atoms with van der Waals surface area (Å²) in [6.07, 6.45) is 2.96. The molecule has 2 atom stereocenters. The molecular weight excluding hydrogens is 516 g/mol. The molecule has 0 radical (unpaired) electrons. The number of nitrogens with two attached hydrogens (primary N) is 1. The highest BCUT2D eigenvalue weighted by Gasteiger charge is 2.59. The first-order chi connectivity index (χ1) is 18.7. The molecule has 2 aromatic carbocycles. The second-order valence-corrected chi connectivity index (χ2v) is 11.7. The number of carbonyl (C=O) groups excluding carboxylic acids is 2. The Morgan fingerprint density at radius 3 is 2.72 bits per heavy atom. The third-order valence-corrected chi connectivity index (χ3v) is 9.32. The number of nitrogens with one attached hydrogen (secondary N) is 1. The number of sulfonamides is 1. The molecule has 0 saturated heterocycles. The third kappa shape index (κ3) is 5.54. The Kier molecular flexibility index (Phi) is 8.67. The first-order valence-electron chi connectivity index (χ1n) is 13.2. The van der Waals surface area contributed by atoms with Gasteiger partial charge in [0.05, 0.1) is 29.2 Å². The predicted molar refractivity (Wildman–Crippen MR) is 146 cm³/mol. The fourth-order valence-corrected chi connectivity index (χ4v) is 7.03. The van der Waals surface area contributed by atoms with Gasteiger partial charge in [-0.3, -0.25) is 4.79 Å². The number of hydrogen-bond acceptors (Lipinski definition) is 8. The number of ether oxygens (including phenoxy) is 1. The van der Waals surface area contributed by atoms with E-state index in [0.29, 0.717) is 24.1 Å². The van der Waals surface area contributed by atoms with E-state index >= 15 is 0 Å². The lowest BCUT2D eigenvalue weighted by atomic mass is 9.79. The average molecular weight is 551 g/mol. The molecule has 0 unspecified atom stereocenters. The molecule has 39 heavy (non-hydrogen) atoms. The highest BCUT2D eigenvalue weighted by atomic mass is 32.2. The summed E-state index contributed by atoms with van der Waals surface area (Å²) >= 11 is 0. The van der Waals surface area contributed by atoms with Gasteiger partial charge in [0.1, 0.15) is 0 Å². The molecular formula is C29H34N4O5S. The molecule has 2 aliphatic rings. The average Bonchev–Trinajstić information content (AvgIpc) is 2.96. The van der Waals surface area contributed by atoms with E-state index in [1.807, 2.05) is 6.92 Å². The van der Waals surface area contributed by atoms with Crippen LogP contribution in [-0.4, -0.2) is 55.8 Å². The summed E-state index contributed by atoms with van der Waals surface area (Å²) in [5.74, 6) is -1.66. The fraction of sp³-hybridized carbons (Fsp3) is 0.414. The number of carbonyl (C=O) groups is 2. The highest BCUT2D eigenvalue weighted by molar-refractivity contribution is 7.89. The molecule has 0 bridgehead atoms. The molecule has 0 saturated carbocycles. The van der Waals surface area contributed by atoms with Gasteiger partial charge in [-0.2, -0.15) is 9.57 Å². The summed E-state index contributed by atoms with van der Waals surface area (Å²) in [6, 6.07) is 12.5. The van der Waals surface area contributed by atoms with Gasteiger partial charge in [0.15, 0.2) is 11.3 Å². The fourth-order valence-electron chi connectivity index (χ4n) is 5.33. The predicted octanol–water partition coefficient (Wildman–Crippen LogP) is 2.38. The molecule has 10 heteroatoms.